The van der Waals surface area contributed by atoms with Crippen molar-refractivity contribution in [1.82, 2.24) is 9.78 Å². The second-order valence-corrected chi connectivity index (χ2v) is 4.59. The van der Waals surface area contributed by atoms with Crippen molar-refractivity contribution in [3.05, 3.63) is 52.8 Å². The topological polar surface area (TPSA) is 34.9 Å². The van der Waals surface area contributed by atoms with E-state index in [9.17, 15) is 4.79 Å². The molecule has 0 N–H and O–H groups in total. The minimum Gasteiger partial charge on any atom is -0.303 e. The highest BCUT2D eigenvalue weighted by Crippen LogP contribution is 2.08. The van der Waals surface area contributed by atoms with Gasteiger partial charge in [0.05, 0.1) is 5.69 Å². The molecule has 0 unspecified atom stereocenters. The van der Waals surface area contributed by atoms with Crippen molar-refractivity contribution in [1.29, 1.82) is 0 Å². The molecular weight excluding hydrogens is 224 g/mol. The van der Waals surface area contributed by atoms with Gasteiger partial charge in [-0.3, -0.25) is 4.68 Å². The van der Waals surface area contributed by atoms with E-state index in [4.69, 9.17) is 0 Å². The lowest BCUT2D eigenvalue weighted by Gasteiger charge is -2.05. The standard InChI is InChI=1S/C15H18N2O/c1-12-11-13(2)17(16-12)9-7-14-3-5-15(6-4-14)8-10-18/h3-6,10-11H,7-9H2,1-2H3. The Labute approximate surface area is 107 Å². The lowest BCUT2D eigenvalue weighted by Crippen LogP contribution is -2.05. The van der Waals surface area contributed by atoms with Gasteiger partial charge in [0.1, 0.15) is 6.29 Å². The average Bonchev–Trinajstić information content (AvgIpc) is 2.67. The van der Waals surface area contributed by atoms with Gasteiger partial charge < -0.3 is 4.79 Å². The van der Waals surface area contributed by atoms with Gasteiger partial charge in [0, 0.05) is 18.7 Å². The molecule has 3 nitrogen and oxygen atoms in total. The molecule has 0 saturated carbocycles. The fourth-order valence-electron chi connectivity index (χ4n) is 2.07. The van der Waals surface area contributed by atoms with Crippen LogP contribution in [0.25, 0.3) is 0 Å². The maximum absolute atomic E-state index is 10.4. The first-order valence-corrected chi connectivity index (χ1v) is 6.21. The lowest BCUT2D eigenvalue weighted by molar-refractivity contribution is -0.107. The van der Waals surface area contributed by atoms with E-state index >= 15 is 0 Å². The Hall–Kier alpha value is -1.90. The Morgan fingerprint density at radius 1 is 1.17 bits per heavy atom. The third-order valence-electron chi connectivity index (χ3n) is 3.06. The zero-order valence-corrected chi connectivity index (χ0v) is 10.9. The van der Waals surface area contributed by atoms with Crippen LogP contribution in [0.1, 0.15) is 22.5 Å². The van der Waals surface area contributed by atoms with Gasteiger partial charge in [0.2, 0.25) is 0 Å². The number of nitrogens with zero attached hydrogens (tertiary/aromatic N) is 2. The SMILES string of the molecule is Cc1cc(C)n(CCc2ccc(CC=O)cc2)n1. The van der Waals surface area contributed by atoms with Gasteiger partial charge in [0.25, 0.3) is 0 Å². The number of hydrogen-bond acceptors (Lipinski definition) is 2. The quantitative estimate of drug-likeness (QED) is 0.755. The van der Waals surface area contributed by atoms with Gasteiger partial charge in [-0.05, 0) is 37.5 Å². The number of aldehydes is 1. The lowest BCUT2D eigenvalue weighted by atomic mass is 10.1. The highest BCUT2D eigenvalue weighted by atomic mass is 16.1. The molecule has 1 aromatic carbocycles. The molecule has 0 aliphatic rings. The summed E-state index contributed by atoms with van der Waals surface area (Å²) in [6.45, 7) is 4.98. The Kier molecular flexibility index (Phi) is 3.92. The van der Waals surface area contributed by atoms with Crippen molar-refractivity contribution >= 4 is 6.29 Å². The van der Waals surface area contributed by atoms with Crippen molar-refractivity contribution in [2.45, 2.75) is 33.2 Å². The molecular formula is C15H18N2O. The van der Waals surface area contributed by atoms with Crippen LogP contribution in [0, 0.1) is 13.8 Å². The van der Waals surface area contributed by atoms with Crippen molar-refractivity contribution in [3.8, 4) is 0 Å². The van der Waals surface area contributed by atoms with Crippen LogP contribution in [0.3, 0.4) is 0 Å². The minimum atomic E-state index is 0.498. The molecule has 2 rings (SSSR count). The van der Waals surface area contributed by atoms with E-state index in [0.29, 0.717) is 6.42 Å². The molecule has 3 heteroatoms. The Morgan fingerprint density at radius 3 is 2.39 bits per heavy atom. The van der Waals surface area contributed by atoms with E-state index in [-0.39, 0.29) is 0 Å². The third kappa shape index (κ3) is 3.06. The molecule has 94 valence electrons. The fraction of sp³-hybridized carbons (Fsp3) is 0.333. The molecule has 0 amide bonds. The number of benzene rings is 1. The molecule has 1 aromatic heterocycles. The van der Waals surface area contributed by atoms with Crippen LogP contribution in [-0.4, -0.2) is 16.1 Å². The summed E-state index contributed by atoms with van der Waals surface area (Å²) in [6, 6.07) is 10.3. The van der Waals surface area contributed by atoms with Crippen LogP contribution in [0.15, 0.2) is 30.3 Å². The molecule has 0 saturated heterocycles. The van der Waals surface area contributed by atoms with E-state index in [1.807, 2.05) is 23.7 Å². The summed E-state index contributed by atoms with van der Waals surface area (Å²) in [6.07, 6.45) is 2.39. The van der Waals surface area contributed by atoms with E-state index < -0.39 is 0 Å². The maximum Gasteiger partial charge on any atom is 0.124 e. The maximum atomic E-state index is 10.4. The van der Waals surface area contributed by atoms with Crippen LogP contribution in [0.4, 0.5) is 0 Å². The van der Waals surface area contributed by atoms with Crippen LogP contribution in [0.2, 0.25) is 0 Å². The van der Waals surface area contributed by atoms with Crippen LogP contribution in [0.5, 0.6) is 0 Å². The van der Waals surface area contributed by atoms with Crippen molar-refractivity contribution in [2.75, 3.05) is 0 Å². The summed E-state index contributed by atoms with van der Waals surface area (Å²) < 4.78 is 2.04. The second kappa shape index (κ2) is 5.63. The van der Waals surface area contributed by atoms with Gasteiger partial charge in [-0.25, -0.2) is 0 Å². The first-order chi connectivity index (χ1) is 8.69. The Morgan fingerprint density at radius 2 is 1.83 bits per heavy atom. The van der Waals surface area contributed by atoms with Gasteiger partial charge in [-0.15, -0.1) is 0 Å². The van der Waals surface area contributed by atoms with Crippen molar-refractivity contribution in [3.63, 3.8) is 0 Å². The highest BCUT2D eigenvalue weighted by molar-refractivity contribution is 5.54. The highest BCUT2D eigenvalue weighted by Gasteiger charge is 2.01. The summed E-state index contributed by atoms with van der Waals surface area (Å²) in [5.74, 6) is 0. The number of aromatic nitrogens is 2. The van der Waals surface area contributed by atoms with E-state index in [0.717, 1.165) is 30.5 Å². The van der Waals surface area contributed by atoms with Crippen molar-refractivity contribution in [2.24, 2.45) is 0 Å². The summed E-state index contributed by atoms with van der Waals surface area (Å²) in [5, 5.41) is 4.44. The summed E-state index contributed by atoms with van der Waals surface area (Å²) >= 11 is 0. The van der Waals surface area contributed by atoms with Crippen molar-refractivity contribution < 1.29 is 4.79 Å². The Bertz CT molecular complexity index is 526. The summed E-state index contributed by atoms with van der Waals surface area (Å²) in [5.41, 5.74) is 4.61. The average molecular weight is 242 g/mol. The molecule has 18 heavy (non-hydrogen) atoms. The number of carbonyl (C=O) groups is 1. The van der Waals surface area contributed by atoms with E-state index in [2.05, 4.69) is 30.2 Å². The Balaban J connectivity index is 1.97. The number of carbonyl (C=O) groups excluding carboxylic acids is 1. The molecule has 0 radical (unpaired) electrons. The van der Waals surface area contributed by atoms with Crippen LogP contribution in [-0.2, 0) is 24.2 Å². The monoisotopic (exact) mass is 242 g/mol. The molecule has 0 atom stereocenters. The molecule has 0 spiro atoms. The molecule has 0 fully saturated rings. The smallest absolute Gasteiger partial charge is 0.124 e. The largest absolute Gasteiger partial charge is 0.303 e. The fourth-order valence-corrected chi connectivity index (χ4v) is 2.07. The predicted octanol–water partition coefficient (Wildman–Crippen LogP) is 2.48. The van der Waals surface area contributed by atoms with E-state index in [1.54, 1.807) is 0 Å². The van der Waals surface area contributed by atoms with Gasteiger partial charge >= 0.3 is 0 Å². The van der Waals surface area contributed by atoms with Crippen LogP contribution >= 0.6 is 0 Å². The summed E-state index contributed by atoms with van der Waals surface area (Å²) in [7, 11) is 0. The number of hydrogen-bond donors (Lipinski definition) is 0. The third-order valence-corrected chi connectivity index (χ3v) is 3.06. The second-order valence-electron chi connectivity index (χ2n) is 4.59. The molecule has 2 aromatic rings. The number of rotatable bonds is 5. The molecule has 0 bridgehead atoms. The molecule has 0 aliphatic carbocycles. The first-order valence-electron chi connectivity index (χ1n) is 6.21. The zero-order valence-electron chi connectivity index (χ0n) is 10.9. The predicted molar refractivity (Wildman–Crippen MR) is 71.6 cm³/mol. The number of aryl methyl sites for hydroxylation is 4. The van der Waals surface area contributed by atoms with Gasteiger partial charge in [-0.1, -0.05) is 24.3 Å². The summed E-state index contributed by atoms with van der Waals surface area (Å²) in [4.78, 5) is 10.4. The molecule has 0 aliphatic heterocycles. The molecule has 1 heterocycles. The normalized spacial score (nSPS) is 10.6. The van der Waals surface area contributed by atoms with Gasteiger partial charge in [-0.2, -0.15) is 5.10 Å². The van der Waals surface area contributed by atoms with E-state index in [1.165, 1.54) is 11.3 Å². The zero-order chi connectivity index (χ0) is 13.0. The minimum absolute atomic E-state index is 0.498. The van der Waals surface area contributed by atoms with Gasteiger partial charge in [0.15, 0.2) is 0 Å². The van der Waals surface area contributed by atoms with Crippen LogP contribution < -0.4 is 0 Å². The first kappa shape index (κ1) is 12.6.